The van der Waals surface area contributed by atoms with Gasteiger partial charge in [-0.2, -0.15) is 0 Å². The Morgan fingerprint density at radius 1 is 1.73 bits per heavy atom. The van der Waals surface area contributed by atoms with Crippen LogP contribution in [0, 0.1) is 11.8 Å². The lowest BCUT2D eigenvalue weighted by Crippen LogP contribution is -2.42. The average molecular weight is 158 g/mol. The van der Waals surface area contributed by atoms with E-state index in [2.05, 4.69) is 22.6 Å². The molecule has 3 unspecified atom stereocenters. The van der Waals surface area contributed by atoms with Gasteiger partial charge in [0.1, 0.15) is 0 Å². The Kier molecular flexibility index (Phi) is 2.84. The number of hydroxylamine groups is 1. The molecule has 1 aliphatic carbocycles. The first kappa shape index (κ1) is 8.49. The summed E-state index contributed by atoms with van der Waals surface area (Å²) < 4.78 is 0. The van der Waals surface area contributed by atoms with Crippen LogP contribution in [0.25, 0.3) is 0 Å². The number of nitrogens with one attached hydrogen (secondary N) is 2. The van der Waals surface area contributed by atoms with Gasteiger partial charge in [0.05, 0.1) is 6.17 Å². The van der Waals surface area contributed by atoms with Crippen molar-refractivity contribution in [3.63, 3.8) is 0 Å². The fourth-order valence-electron chi connectivity index (χ4n) is 1.28. The van der Waals surface area contributed by atoms with E-state index in [0.717, 1.165) is 5.92 Å². The summed E-state index contributed by atoms with van der Waals surface area (Å²) in [4.78, 5) is 14.3. The summed E-state index contributed by atoms with van der Waals surface area (Å²) in [6.07, 6.45) is 1.30. The molecule has 0 aromatic carbocycles. The van der Waals surface area contributed by atoms with Gasteiger partial charge in [-0.3, -0.25) is 4.79 Å². The lowest BCUT2D eigenvalue weighted by atomic mass is 10.3. The molecule has 0 amide bonds. The Bertz CT molecular complexity index is 140. The third-order valence-electron chi connectivity index (χ3n) is 2.15. The van der Waals surface area contributed by atoms with Crippen LogP contribution in [0.2, 0.25) is 0 Å². The van der Waals surface area contributed by atoms with E-state index in [1.807, 2.05) is 7.05 Å². The molecule has 0 spiro atoms. The fourth-order valence-corrected chi connectivity index (χ4v) is 1.28. The molecule has 0 aromatic heterocycles. The molecule has 0 radical (unpaired) electrons. The van der Waals surface area contributed by atoms with Crippen molar-refractivity contribution in [1.82, 2.24) is 10.8 Å². The molecule has 0 bridgehead atoms. The highest BCUT2D eigenvalue weighted by Gasteiger charge is 2.39. The van der Waals surface area contributed by atoms with Gasteiger partial charge >= 0.3 is 6.47 Å². The molecule has 1 saturated carbocycles. The zero-order chi connectivity index (χ0) is 8.27. The molecule has 64 valence electrons. The molecule has 1 aliphatic rings. The average Bonchev–Trinajstić information content (AvgIpc) is 2.69. The number of rotatable bonds is 5. The first-order valence-corrected chi connectivity index (χ1v) is 3.81. The van der Waals surface area contributed by atoms with E-state index in [-0.39, 0.29) is 6.17 Å². The van der Waals surface area contributed by atoms with E-state index in [1.165, 1.54) is 6.42 Å². The van der Waals surface area contributed by atoms with Gasteiger partial charge in [-0.05, 0) is 25.3 Å². The van der Waals surface area contributed by atoms with Crippen molar-refractivity contribution in [1.29, 1.82) is 0 Å². The van der Waals surface area contributed by atoms with Gasteiger partial charge in [-0.15, -0.1) is 5.48 Å². The van der Waals surface area contributed by atoms with E-state index in [0.29, 0.717) is 12.4 Å². The Morgan fingerprint density at radius 2 is 2.36 bits per heavy atom. The van der Waals surface area contributed by atoms with Gasteiger partial charge in [0.15, 0.2) is 0 Å². The molecular formula is C7H14N2O2. The first-order valence-electron chi connectivity index (χ1n) is 3.81. The second-order valence-electron chi connectivity index (χ2n) is 2.98. The second kappa shape index (κ2) is 3.69. The smallest absolute Gasteiger partial charge is 0.312 e. The number of hydrogen-bond acceptors (Lipinski definition) is 4. The van der Waals surface area contributed by atoms with Gasteiger partial charge in [-0.25, -0.2) is 0 Å². The van der Waals surface area contributed by atoms with Crippen molar-refractivity contribution in [2.24, 2.45) is 11.8 Å². The third kappa shape index (κ3) is 2.17. The van der Waals surface area contributed by atoms with E-state index >= 15 is 0 Å². The van der Waals surface area contributed by atoms with Crippen LogP contribution in [-0.4, -0.2) is 19.7 Å². The quantitative estimate of drug-likeness (QED) is 0.332. The molecule has 0 aliphatic heterocycles. The van der Waals surface area contributed by atoms with E-state index in [4.69, 9.17) is 0 Å². The molecule has 0 heterocycles. The van der Waals surface area contributed by atoms with Crippen molar-refractivity contribution in [2.75, 3.05) is 7.05 Å². The van der Waals surface area contributed by atoms with Crippen molar-refractivity contribution in [3.8, 4) is 0 Å². The van der Waals surface area contributed by atoms with Gasteiger partial charge in [-0.1, -0.05) is 6.92 Å². The van der Waals surface area contributed by atoms with Crippen molar-refractivity contribution < 1.29 is 9.63 Å². The summed E-state index contributed by atoms with van der Waals surface area (Å²) in [5.74, 6) is 1.33. The fraction of sp³-hybridized carbons (Fsp3) is 0.857. The molecule has 4 heteroatoms. The first-order chi connectivity index (χ1) is 5.29. The minimum absolute atomic E-state index is 0.107. The molecular weight excluding hydrogens is 144 g/mol. The van der Waals surface area contributed by atoms with Crippen LogP contribution >= 0.6 is 0 Å². The Balaban J connectivity index is 2.20. The summed E-state index contributed by atoms with van der Waals surface area (Å²) in [6, 6.07) is 0. The van der Waals surface area contributed by atoms with E-state index in [9.17, 15) is 4.79 Å². The molecule has 1 rings (SSSR count). The lowest BCUT2D eigenvalue weighted by Gasteiger charge is -2.14. The molecule has 2 N–H and O–H groups in total. The predicted octanol–water partition coefficient (Wildman–Crippen LogP) is -0.135. The van der Waals surface area contributed by atoms with Crippen molar-refractivity contribution >= 4 is 6.47 Å². The third-order valence-corrected chi connectivity index (χ3v) is 2.15. The standard InChI is InChI=1S/C7H14N2O2/c1-5-3-6(5)7(8-2)9-11-4-10/h4-9H,3H2,1-2H3. The Labute approximate surface area is 66.3 Å². The van der Waals surface area contributed by atoms with Crippen LogP contribution in [0.3, 0.4) is 0 Å². The summed E-state index contributed by atoms with van der Waals surface area (Å²) in [6.45, 7) is 2.58. The summed E-state index contributed by atoms with van der Waals surface area (Å²) >= 11 is 0. The molecule has 4 nitrogen and oxygen atoms in total. The highest BCUT2D eigenvalue weighted by Crippen LogP contribution is 2.39. The Morgan fingerprint density at radius 3 is 2.73 bits per heavy atom. The highest BCUT2D eigenvalue weighted by atomic mass is 16.7. The molecule has 0 aromatic rings. The maximum Gasteiger partial charge on any atom is 0.312 e. The topological polar surface area (TPSA) is 50.4 Å². The van der Waals surface area contributed by atoms with E-state index in [1.54, 1.807) is 0 Å². The van der Waals surface area contributed by atoms with Crippen LogP contribution in [-0.2, 0) is 9.63 Å². The number of carbonyl (C=O) groups is 1. The maximum absolute atomic E-state index is 9.84. The SMILES string of the molecule is CNC(NOC=O)C1CC1C. The van der Waals surface area contributed by atoms with Gasteiger partial charge in [0.25, 0.3) is 0 Å². The lowest BCUT2D eigenvalue weighted by molar-refractivity contribution is -0.138. The Hall–Kier alpha value is -0.610. The van der Waals surface area contributed by atoms with Crippen molar-refractivity contribution in [2.45, 2.75) is 19.5 Å². The summed E-state index contributed by atoms with van der Waals surface area (Å²) in [7, 11) is 1.84. The zero-order valence-electron chi connectivity index (χ0n) is 6.83. The van der Waals surface area contributed by atoms with E-state index < -0.39 is 0 Å². The predicted molar refractivity (Wildman–Crippen MR) is 40.4 cm³/mol. The number of carbonyl (C=O) groups excluding carboxylic acids is 1. The van der Waals surface area contributed by atoms with Crippen LogP contribution in [0.5, 0.6) is 0 Å². The molecule has 0 saturated heterocycles. The van der Waals surface area contributed by atoms with Gasteiger partial charge in [0.2, 0.25) is 0 Å². The minimum atomic E-state index is 0.107. The van der Waals surface area contributed by atoms with Crippen LogP contribution < -0.4 is 10.8 Å². The summed E-state index contributed by atoms with van der Waals surface area (Å²) in [5, 5.41) is 3.03. The molecule has 3 atom stereocenters. The monoisotopic (exact) mass is 158 g/mol. The molecule has 11 heavy (non-hydrogen) atoms. The van der Waals surface area contributed by atoms with Crippen LogP contribution in [0.15, 0.2) is 0 Å². The molecule has 1 fully saturated rings. The van der Waals surface area contributed by atoms with Gasteiger partial charge in [0, 0.05) is 0 Å². The number of hydrogen-bond donors (Lipinski definition) is 2. The second-order valence-corrected chi connectivity index (χ2v) is 2.98. The zero-order valence-corrected chi connectivity index (χ0v) is 6.83. The van der Waals surface area contributed by atoms with Crippen LogP contribution in [0.1, 0.15) is 13.3 Å². The van der Waals surface area contributed by atoms with Crippen molar-refractivity contribution in [3.05, 3.63) is 0 Å². The maximum atomic E-state index is 9.84. The van der Waals surface area contributed by atoms with Gasteiger partial charge < -0.3 is 10.2 Å². The van der Waals surface area contributed by atoms with Crippen LogP contribution in [0.4, 0.5) is 0 Å². The summed E-state index contributed by atoms with van der Waals surface area (Å²) in [5.41, 5.74) is 2.63. The largest absolute Gasteiger partial charge is 0.372 e. The normalized spacial score (nSPS) is 31.1. The highest BCUT2D eigenvalue weighted by molar-refractivity contribution is 5.36. The minimum Gasteiger partial charge on any atom is -0.372 e.